The van der Waals surface area contributed by atoms with Crippen LogP contribution in [0.2, 0.25) is 5.02 Å². The number of halogens is 1. The molecule has 0 unspecified atom stereocenters. The summed E-state index contributed by atoms with van der Waals surface area (Å²) in [6.45, 7) is 4.55. The van der Waals surface area contributed by atoms with Gasteiger partial charge in [0.15, 0.2) is 0 Å². The normalized spacial score (nSPS) is 14.1. The quantitative estimate of drug-likeness (QED) is 0.317. The Morgan fingerprint density at radius 1 is 0.733 bits per heavy atom. The van der Waals surface area contributed by atoms with Crippen LogP contribution in [-0.4, -0.2) is 0 Å². The Kier molecular flexibility index (Phi) is 3.60. The molecule has 1 N–H and O–H groups in total. The van der Waals surface area contributed by atoms with Crippen LogP contribution in [0.25, 0.3) is 33.1 Å². The highest BCUT2D eigenvalue weighted by atomic mass is 35.5. The summed E-state index contributed by atoms with van der Waals surface area (Å²) in [5, 5.41) is 6.48. The van der Waals surface area contributed by atoms with Gasteiger partial charge in [-0.25, -0.2) is 0 Å². The Morgan fingerprint density at radius 2 is 1.50 bits per heavy atom. The lowest BCUT2D eigenvalue weighted by atomic mass is 9.82. The fraction of sp³-hybridized carbons (Fsp3) is 0.111. The molecule has 146 valence electrons. The van der Waals surface area contributed by atoms with Gasteiger partial charge in [-0.2, -0.15) is 0 Å². The first-order valence-electron chi connectivity index (χ1n) is 10.1. The molecule has 1 aromatic heterocycles. The van der Waals surface area contributed by atoms with Crippen molar-refractivity contribution in [2.75, 3.05) is 5.32 Å². The number of anilines is 2. The minimum absolute atomic E-state index is 0.0599. The van der Waals surface area contributed by atoms with Crippen LogP contribution in [0.5, 0.6) is 0 Å². The minimum atomic E-state index is -0.0599. The summed E-state index contributed by atoms with van der Waals surface area (Å²) in [6, 6.07) is 27.2. The summed E-state index contributed by atoms with van der Waals surface area (Å²) in [4.78, 5) is 0. The van der Waals surface area contributed by atoms with Gasteiger partial charge in [-0.05, 0) is 52.6 Å². The molecule has 0 saturated heterocycles. The van der Waals surface area contributed by atoms with Gasteiger partial charge in [0, 0.05) is 27.9 Å². The van der Waals surface area contributed by atoms with E-state index in [0.29, 0.717) is 5.02 Å². The third-order valence-corrected chi connectivity index (χ3v) is 6.64. The first-order valence-corrected chi connectivity index (χ1v) is 10.5. The molecule has 1 aliphatic carbocycles. The van der Waals surface area contributed by atoms with Crippen molar-refractivity contribution in [2.45, 2.75) is 19.3 Å². The number of rotatable bonds is 2. The maximum Gasteiger partial charge on any atom is 0.137 e. The Hall–Kier alpha value is -3.23. The summed E-state index contributed by atoms with van der Waals surface area (Å²) < 4.78 is 6.04. The van der Waals surface area contributed by atoms with Crippen molar-refractivity contribution in [3.8, 4) is 11.1 Å². The molecule has 0 radical (unpaired) electrons. The van der Waals surface area contributed by atoms with E-state index in [-0.39, 0.29) is 5.41 Å². The van der Waals surface area contributed by atoms with E-state index in [2.05, 4.69) is 73.8 Å². The lowest BCUT2D eigenvalue weighted by Gasteiger charge is -2.22. The Labute approximate surface area is 180 Å². The van der Waals surface area contributed by atoms with E-state index in [1.54, 1.807) is 0 Å². The predicted molar refractivity (Wildman–Crippen MR) is 126 cm³/mol. The van der Waals surface area contributed by atoms with Gasteiger partial charge >= 0.3 is 0 Å². The van der Waals surface area contributed by atoms with Crippen LogP contribution < -0.4 is 5.32 Å². The predicted octanol–water partition coefficient (Wildman–Crippen LogP) is 8.29. The zero-order valence-electron chi connectivity index (χ0n) is 16.8. The number of para-hydroxylation sites is 1. The molecule has 1 heterocycles. The van der Waals surface area contributed by atoms with Gasteiger partial charge in [-0.1, -0.05) is 67.9 Å². The zero-order chi connectivity index (χ0) is 20.5. The lowest BCUT2D eigenvalue weighted by Crippen LogP contribution is -2.15. The SMILES string of the molecule is CC1(C)c2ccccc2-c2cc(Cl)c(Nc3ccc4c(c3)oc3ccccc34)cc21. The summed E-state index contributed by atoms with van der Waals surface area (Å²) in [6.07, 6.45) is 0. The van der Waals surface area contributed by atoms with Crippen molar-refractivity contribution < 1.29 is 4.42 Å². The number of hydrogen-bond acceptors (Lipinski definition) is 2. The molecule has 0 bridgehead atoms. The van der Waals surface area contributed by atoms with E-state index < -0.39 is 0 Å². The highest BCUT2D eigenvalue weighted by molar-refractivity contribution is 6.33. The Balaban J connectivity index is 1.44. The monoisotopic (exact) mass is 409 g/mol. The van der Waals surface area contributed by atoms with Crippen molar-refractivity contribution in [2.24, 2.45) is 0 Å². The van der Waals surface area contributed by atoms with Crippen molar-refractivity contribution in [3.63, 3.8) is 0 Å². The molecular weight excluding hydrogens is 390 g/mol. The number of hydrogen-bond donors (Lipinski definition) is 1. The van der Waals surface area contributed by atoms with Crippen LogP contribution in [0.15, 0.2) is 83.3 Å². The second-order valence-corrected chi connectivity index (χ2v) is 8.89. The molecular formula is C27H20ClNO. The Bertz CT molecular complexity index is 1460. The molecule has 3 heteroatoms. The van der Waals surface area contributed by atoms with Crippen LogP contribution >= 0.6 is 11.6 Å². The van der Waals surface area contributed by atoms with Crippen LogP contribution in [0.1, 0.15) is 25.0 Å². The fourth-order valence-electron chi connectivity index (χ4n) is 4.78. The van der Waals surface area contributed by atoms with Gasteiger partial charge in [0.05, 0.1) is 10.7 Å². The van der Waals surface area contributed by atoms with Gasteiger partial charge in [-0.3, -0.25) is 0 Å². The molecule has 2 nitrogen and oxygen atoms in total. The third-order valence-electron chi connectivity index (χ3n) is 6.33. The molecule has 0 saturated carbocycles. The van der Waals surface area contributed by atoms with Crippen LogP contribution in [0.4, 0.5) is 11.4 Å². The standard InChI is InChI=1S/C27H20ClNO/c1-27(2)21-9-5-3-7-17(21)20-14-23(28)24(15-22(20)27)29-16-11-12-19-18-8-4-6-10-25(18)30-26(19)13-16/h3-15,29H,1-2H3. The first-order chi connectivity index (χ1) is 14.5. The smallest absolute Gasteiger partial charge is 0.137 e. The van der Waals surface area contributed by atoms with Crippen LogP contribution in [0.3, 0.4) is 0 Å². The van der Waals surface area contributed by atoms with Crippen molar-refractivity contribution in [1.29, 1.82) is 0 Å². The molecule has 0 fully saturated rings. The molecule has 0 amide bonds. The van der Waals surface area contributed by atoms with Crippen molar-refractivity contribution in [3.05, 3.63) is 95.0 Å². The number of fused-ring (bicyclic) bond motifs is 6. The minimum Gasteiger partial charge on any atom is -0.456 e. The number of furan rings is 1. The molecule has 0 aliphatic heterocycles. The van der Waals surface area contributed by atoms with E-state index in [4.69, 9.17) is 16.0 Å². The summed E-state index contributed by atoms with van der Waals surface area (Å²) in [5.41, 5.74) is 8.70. The van der Waals surface area contributed by atoms with Gasteiger partial charge in [0.2, 0.25) is 0 Å². The van der Waals surface area contributed by atoms with E-state index >= 15 is 0 Å². The maximum atomic E-state index is 6.71. The molecule has 0 spiro atoms. The topological polar surface area (TPSA) is 25.2 Å². The van der Waals surface area contributed by atoms with Gasteiger partial charge in [0.1, 0.15) is 11.2 Å². The molecule has 6 rings (SSSR count). The van der Waals surface area contributed by atoms with Gasteiger partial charge in [0.25, 0.3) is 0 Å². The third kappa shape index (κ3) is 2.44. The number of benzene rings is 4. The van der Waals surface area contributed by atoms with E-state index in [9.17, 15) is 0 Å². The van der Waals surface area contributed by atoms with E-state index in [1.165, 1.54) is 22.3 Å². The number of nitrogens with one attached hydrogen (secondary N) is 1. The highest BCUT2D eigenvalue weighted by Crippen LogP contribution is 2.50. The average molecular weight is 410 g/mol. The van der Waals surface area contributed by atoms with Crippen LogP contribution in [-0.2, 0) is 5.41 Å². The van der Waals surface area contributed by atoms with Gasteiger partial charge < -0.3 is 9.73 Å². The van der Waals surface area contributed by atoms with E-state index in [0.717, 1.165) is 33.3 Å². The van der Waals surface area contributed by atoms with Crippen molar-refractivity contribution in [1.82, 2.24) is 0 Å². The summed E-state index contributed by atoms with van der Waals surface area (Å²) in [5.74, 6) is 0. The zero-order valence-corrected chi connectivity index (χ0v) is 17.5. The highest BCUT2D eigenvalue weighted by Gasteiger charge is 2.35. The molecule has 5 aromatic rings. The molecule has 4 aromatic carbocycles. The first kappa shape index (κ1) is 17.6. The second-order valence-electron chi connectivity index (χ2n) is 8.48. The molecule has 0 atom stereocenters. The largest absolute Gasteiger partial charge is 0.456 e. The van der Waals surface area contributed by atoms with Crippen LogP contribution in [0, 0.1) is 0 Å². The average Bonchev–Trinajstić information content (AvgIpc) is 3.22. The molecule has 30 heavy (non-hydrogen) atoms. The Morgan fingerprint density at radius 3 is 2.40 bits per heavy atom. The molecule has 1 aliphatic rings. The van der Waals surface area contributed by atoms with E-state index in [1.807, 2.05) is 24.3 Å². The fourth-order valence-corrected chi connectivity index (χ4v) is 4.99. The van der Waals surface area contributed by atoms with Crippen molar-refractivity contribution >= 4 is 44.9 Å². The van der Waals surface area contributed by atoms with Gasteiger partial charge in [-0.15, -0.1) is 0 Å². The summed E-state index contributed by atoms with van der Waals surface area (Å²) in [7, 11) is 0. The summed E-state index contributed by atoms with van der Waals surface area (Å²) >= 11 is 6.71. The second kappa shape index (κ2) is 6.13. The lowest BCUT2D eigenvalue weighted by molar-refractivity contribution is 0.660. The maximum absolute atomic E-state index is 6.71.